The SMILES string of the molecule is CC(=O)Cn1c(=O)c2c(nc3n(-c4ccc(Br)cc4)c(C)cn23)n(C)c1=O. The number of carbonyl (C=O) groups excluding carboxylic acids is 1. The molecule has 0 aliphatic carbocycles. The number of Topliss-reactive ketones (excluding diaryl/α,β-unsaturated/α-hetero) is 1. The molecule has 0 saturated carbocycles. The highest BCUT2D eigenvalue weighted by Crippen LogP contribution is 2.22. The largest absolute Gasteiger partial charge is 0.332 e. The topological polar surface area (TPSA) is 83.3 Å². The van der Waals surface area contributed by atoms with E-state index in [1.54, 1.807) is 17.6 Å². The fourth-order valence-electron chi connectivity index (χ4n) is 3.28. The molecule has 0 aliphatic heterocycles. The van der Waals surface area contributed by atoms with Gasteiger partial charge in [-0.05, 0) is 38.1 Å². The maximum atomic E-state index is 12.9. The van der Waals surface area contributed by atoms with Gasteiger partial charge in [0, 0.05) is 29.1 Å². The number of carbonyl (C=O) groups is 1. The van der Waals surface area contributed by atoms with Crippen LogP contribution in [0.3, 0.4) is 0 Å². The van der Waals surface area contributed by atoms with Crippen molar-refractivity contribution in [3.63, 3.8) is 0 Å². The Balaban J connectivity index is 2.12. The molecule has 0 unspecified atom stereocenters. The lowest BCUT2D eigenvalue weighted by Crippen LogP contribution is -2.40. The smallest absolute Gasteiger partial charge is 0.298 e. The van der Waals surface area contributed by atoms with Gasteiger partial charge in [0.05, 0.1) is 6.54 Å². The Kier molecular flexibility index (Phi) is 3.92. The van der Waals surface area contributed by atoms with Gasteiger partial charge in [-0.25, -0.2) is 4.79 Å². The van der Waals surface area contributed by atoms with Gasteiger partial charge in [0.15, 0.2) is 11.2 Å². The molecule has 0 spiro atoms. The zero-order valence-corrected chi connectivity index (χ0v) is 16.5. The van der Waals surface area contributed by atoms with Crippen molar-refractivity contribution in [2.24, 2.45) is 7.05 Å². The standard InChI is InChI=1S/C18H16BrN5O3/c1-10-8-22-14-15(21(3)18(27)23(16(14)26)9-11(2)25)20-17(22)24(10)13-6-4-12(19)5-7-13/h4-8H,9H2,1-3H3. The minimum absolute atomic E-state index is 0.263. The summed E-state index contributed by atoms with van der Waals surface area (Å²) in [5, 5.41) is 0. The third kappa shape index (κ3) is 2.57. The molecule has 0 bridgehead atoms. The average molecular weight is 430 g/mol. The second-order valence-electron chi connectivity index (χ2n) is 6.47. The molecule has 9 heteroatoms. The van der Waals surface area contributed by atoms with E-state index < -0.39 is 11.2 Å². The number of rotatable bonds is 3. The van der Waals surface area contributed by atoms with Crippen molar-refractivity contribution in [1.82, 2.24) is 23.1 Å². The van der Waals surface area contributed by atoms with Gasteiger partial charge < -0.3 is 0 Å². The van der Waals surface area contributed by atoms with Crippen LogP contribution in [0.15, 0.2) is 44.5 Å². The van der Waals surface area contributed by atoms with Crippen LogP contribution in [0.1, 0.15) is 12.6 Å². The van der Waals surface area contributed by atoms with E-state index in [-0.39, 0.29) is 23.5 Å². The van der Waals surface area contributed by atoms with Crippen LogP contribution in [0.25, 0.3) is 22.6 Å². The number of hydrogen-bond donors (Lipinski definition) is 0. The molecule has 0 radical (unpaired) electrons. The maximum absolute atomic E-state index is 12.9. The molecule has 0 fully saturated rings. The fraction of sp³-hybridized carbons (Fsp3) is 0.222. The average Bonchev–Trinajstić information content (AvgIpc) is 3.12. The Hall–Kier alpha value is -2.94. The van der Waals surface area contributed by atoms with Crippen LogP contribution in [0, 0.1) is 6.92 Å². The summed E-state index contributed by atoms with van der Waals surface area (Å²) < 4.78 is 6.78. The Bertz CT molecular complexity index is 1340. The van der Waals surface area contributed by atoms with E-state index in [2.05, 4.69) is 20.9 Å². The lowest BCUT2D eigenvalue weighted by atomic mass is 10.3. The summed E-state index contributed by atoms with van der Waals surface area (Å²) in [5.41, 5.74) is 1.24. The summed E-state index contributed by atoms with van der Waals surface area (Å²) in [6.07, 6.45) is 1.80. The summed E-state index contributed by atoms with van der Waals surface area (Å²) in [6.45, 7) is 3.00. The van der Waals surface area contributed by atoms with Gasteiger partial charge >= 0.3 is 5.69 Å². The van der Waals surface area contributed by atoms with E-state index in [1.807, 2.05) is 35.8 Å². The van der Waals surface area contributed by atoms with Crippen molar-refractivity contribution in [3.05, 3.63) is 61.5 Å². The fourth-order valence-corrected chi connectivity index (χ4v) is 3.55. The minimum atomic E-state index is -0.560. The highest BCUT2D eigenvalue weighted by molar-refractivity contribution is 9.10. The number of imidazole rings is 2. The van der Waals surface area contributed by atoms with Gasteiger partial charge in [-0.3, -0.25) is 27.7 Å². The number of nitrogens with zero attached hydrogens (tertiary/aromatic N) is 5. The molecule has 8 nitrogen and oxygen atoms in total. The first-order valence-corrected chi connectivity index (χ1v) is 9.04. The molecule has 0 atom stereocenters. The minimum Gasteiger partial charge on any atom is -0.298 e. The van der Waals surface area contributed by atoms with Gasteiger partial charge in [-0.1, -0.05) is 15.9 Å². The summed E-state index contributed by atoms with van der Waals surface area (Å²) in [5.74, 6) is 0.260. The number of halogens is 1. The highest BCUT2D eigenvalue weighted by Gasteiger charge is 2.21. The molecule has 4 aromatic rings. The third-order valence-corrected chi connectivity index (χ3v) is 5.02. The Morgan fingerprint density at radius 3 is 2.48 bits per heavy atom. The van der Waals surface area contributed by atoms with Crippen LogP contribution in [0.4, 0.5) is 0 Å². The molecular formula is C18H16BrN5O3. The van der Waals surface area contributed by atoms with Crippen LogP contribution in [0.5, 0.6) is 0 Å². The predicted molar refractivity (Wildman–Crippen MR) is 105 cm³/mol. The molecule has 1 aromatic carbocycles. The second kappa shape index (κ2) is 6.05. The first kappa shape index (κ1) is 17.5. The molecule has 138 valence electrons. The number of fused-ring (bicyclic) bond motifs is 3. The van der Waals surface area contributed by atoms with Crippen molar-refractivity contribution in [2.75, 3.05) is 0 Å². The maximum Gasteiger partial charge on any atom is 0.332 e. The number of ketones is 1. The van der Waals surface area contributed by atoms with E-state index >= 15 is 0 Å². The van der Waals surface area contributed by atoms with Crippen molar-refractivity contribution < 1.29 is 4.79 Å². The van der Waals surface area contributed by atoms with E-state index in [0.717, 1.165) is 20.4 Å². The van der Waals surface area contributed by atoms with Gasteiger partial charge in [0.2, 0.25) is 5.78 Å². The number of hydrogen-bond acceptors (Lipinski definition) is 4. The van der Waals surface area contributed by atoms with Crippen molar-refractivity contribution in [1.29, 1.82) is 0 Å². The third-order valence-electron chi connectivity index (χ3n) is 4.49. The van der Waals surface area contributed by atoms with Crippen LogP contribution < -0.4 is 11.2 Å². The monoisotopic (exact) mass is 429 g/mol. The molecular weight excluding hydrogens is 414 g/mol. The van der Waals surface area contributed by atoms with E-state index in [1.165, 1.54) is 11.5 Å². The lowest BCUT2D eigenvalue weighted by Gasteiger charge is -2.06. The van der Waals surface area contributed by atoms with Crippen LogP contribution in [-0.2, 0) is 18.4 Å². The Morgan fingerprint density at radius 2 is 1.85 bits per heavy atom. The Morgan fingerprint density at radius 1 is 1.19 bits per heavy atom. The van der Waals surface area contributed by atoms with E-state index in [0.29, 0.717) is 5.78 Å². The van der Waals surface area contributed by atoms with Crippen molar-refractivity contribution >= 4 is 38.7 Å². The zero-order chi connectivity index (χ0) is 19.5. The van der Waals surface area contributed by atoms with Gasteiger partial charge in [-0.2, -0.15) is 4.98 Å². The number of aryl methyl sites for hydroxylation is 2. The quantitative estimate of drug-likeness (QED) is 0.496. The summed E-state index contributed by atoms with van der Waals surface area (Å²) >= 11 is 3.42. The van der Waals surface area contributed by atoms with Crippen molar-refractivity contribution in [2.45, 2.75) is 20.4 Å². The van der Waals surface area contributed by atoms with E-state index in [4.69, 9.17) is 0 Å². The summed E-state index contributed by atoms with van der Waals surface area (Å²) in [4.78, 5) is 41.5. The summed E-state index contributed by atoms with van der Waals surface area (Å²) in [7, 11) is 1.55. The van der Waals surface area contributed by atoms with Crippen molar-refractivity contribution in [3.8, 4) is 5.69 Å². The van der Waals surface area contributed by atoms with E-state index in [9.17, 15) is 14.4 Å². The lowest BCUT2D eigenvalue weighted by molar-refractivity contribution is -0.117. The second-order valence-corrected chi connectivity index (χ2v) is 7.39. The first-order valence-electron chi connectivity index (χ1n) is 8.25. The Labute approximate surface area is 161 Å². The molecule has 0 aliphatic rings. The highest BCUT2D eigenvalue weighted by atomic mass is 79.9. The number of aromatic nitrogens is 5. The zero-order valence-electron chi connectivity index (χ0n) is 14.9. The molecule has 0 amide bonds. The molecule has 0 N–H and O–H groups in total. The van der Waals surface area contributed by atoms with Gasteiger partial charge in [-0.15, -0.1) is 0 Å². The molecule has 3 aromatic heterocycles. The molecule has 0 saturated heterocycles. The van der Waals surface area contributed by atoms with Crippen LogP contribution >= 0.6 is 15.9 Å². The normalized spacial score (nSPS) is 11.6. The molecule has 27 heavy (non-hydrogen) atoms. The summed E-state index contributed by atoms with van der Waals surface area (Å²) in [6, 6.07) is 7.71. The molecule has 3 heterocycles. The predicted octanol–water partition coefficient (Wildman–Crippen LogP) is 1.80. The van der Waals surface area contributed by atoms with Gasteiger partial charge in [0.25, 0.3) is 5.56 Å². The molecule has 4 rings (SSSR count). The first-order chi connectivity index (χ1) is 12.8. The van der Waals surface area contributed by atoms with Gasteiger partial charge in [0.1, 0.15) is 5.78 Å². The van der Waals surface area contributed by atoms with Crippen LogP contribution in [-0.4, -0.2) is 28.9 Å². The van der Waals surface area contributed by atoms with Crippen LogP contribution in [0.2, 0.25) is 0 Å². The number of benzene rings is 1.